The number of aliphatic carboxylic acids is 1. The van der Waals surface area contributed by atoms with E-state index in [1.165, 1.54) is 0 Å². The molecule has 1 aromatic heterocycles. The van der Waals surface area contributed by atoms with E-state index in [4.69, 9.17) is 5.11 Å². The normalized spacial score (nSPS) is 12.8. The highest BCUT2D eigenvalue weighted by atomic mass is 16.4. The van der Waals surface area contributed by atoms with Gasteiger partial charge in [0.2, 0.25) is 6.33 Å². The molecule has 0 aliphatic heterocycles. The van der Waals surface area contributed by atoms with E-state index in [-0.39, 0.29) is 0 Å². The molecular weight excluding hydrogens is 168 g/mol. The Labute approximate surface area is 77.4 Å². The van der Waals surface area contributed by atoms with Gasteiger partial charge in [-0.25, -0.2) is 13.9 Å². The number of hydrogen-bond acceptors (Lipinski definition) is 1. The van der Waals surface area contributed by atoms with Crippen molar-refractivity contribution in [2.24, 2.45) is 0 Å². The van der Waals surface area contributed by atoms with Crippen molar-refractivity contribution in [2.45, 2.75) is 32.9 Å². The maximum Gasteiger partial charge on any atom is 0.349 e. The summed E-state index contributed by atoms with van der Waals surface area (Å²) < 4.78 is 3.68. The second-order valence-corrected chi connectivity index (χ2v) is 2.95. The molecule has 1 rings (SSSR count). The molecule has 1 atom stereocenters. The van der Waals surface area contributed by atoms with Crippen LogP contribution in [0, 0.1) is 0 Å². The summed E-state index contributed by atoms with van der Waals surface area (Å²) in [7, 11) is 0. The molecule has 0 fully saturated rings. The number of aromatic nitrogens is 2. The predicted molar refractivity (Wildman–Crippen MR) is 47.3 cm³/mol. The Balaban J connectivity index is 2.85. The highest BCUT2D eigenvalue weighted by molar-refractivity contribution is 5.71. The van der Waals surface area contributed by atoms with E-state index < -0.39 is 12.0 Å². The zero-order valence-corrected chi connectivity index (χ0v) is 7.97. The fourth-order valence-electron chi connectivity index (χ4n) is 1.30. The summed E-state index contributed by atoms with van der Waals surface area (Å²) in [6.07, 6.45) is 6.10. The Morgan fingerprint density at radius 3 is 2.69 bits per heavy atom. The van der Waals surface area contributed by atoms with Crippen LogP contribution in [0.1, 0.15) is 26.3 Å². The van der Waals surface area contributed by atoms with Crippen molar-refractivity contribution in [3.63, 3.8) is 0 Å². The summed E-state index contributed by atoms with van der Waals surface area (Å²) in [6, 6.07) is -0.437. The molecule has 4 heteroatoms. The van der Waals surface area contributed by atoms with E-state index in [0.717, 1.165) is 6.54 Å². The average Bonchev–Trinajstić information content (AvgIpc) is 2.53. The van der Waals surface area contributed by atoms with E-state index >= 15 is 0 Å². The molecule has 0 spiro atoms. The molecule has 4 nitrogen and oxygen atoms in total. The number of carboxylic acid groups (broad SMARTS) is 1. The van der Waals surface area contributed by atoms with Crippen LogP contribution in [-0.4, -0.2) is 15.6 Å². The first kappa shape index (κ1) is 9.77. The van der Waals surface area contributed by atoms with Gasteiger partial charge in [0.25, 0.3) is 0 Å². The van der Waals surface area contributed by atoms with Crippen molar-refractivity contribution in [3.05, 3.63) is 18.7 Å². The molecule has 1 heterocycles. The van der Waals surface area contributed by atoms with Crippen molar-refractivity contribution in [1.82, 2.24) is 4.57 Å². The van der Waals surface area contributed by atoms with Crippen LogP contribution in [0.3, 0.4) is 0 Å². The van der Waals surface area contributed by atoms with E-state index in [9.17, 15) is 4.79 Å². The summed E-state index contributed by atoms with van der Waals surface area (Å²) in [5.41, 5.74) is 0. The van der Waals surface area contributed by atoms with Gasteiger partial charge in [-0.05, 0) is 13.3 Å². The Morgan fingerprint density at radius 1 is 1.62 bits per heavy atom. The number of nitrogens with zero attached hydrogens (tertiary/aromatic N) is 2. The lowest BCUT2D eigenvalue weighted by atomic mass is 10.2. The number of imidazole rings is 1. The lowest BCUT2D eigenvalue weighted by Crippen LogP contribution is -2.30. The monoisotopic (exact) mass is 183 g/mol. The van der Waals surface area contributed by atoms with Gasteiger partial charge in [-0.1, -0.05) is 6.92 Å². The minimum absolute atomic E-state index is 0.437. The molecule has 13 heavy (non-hydrogen) atoms. The van der Waals surface area contributed by atoms with Crippen molar-refractivity contribution in [3.8, 4) is 0 Å². The molecule has 0 bridgehead atoms. The van der Waals surface area contributed by atoms with Gasteiger partial charge in [-0.15, -0.1) is 0 Å². The summed E-state index contributed by atoms with van der Waals surface area (Å²) in [6.45, 7) is 4.75. The summed E-state index contributed by atoms with van der Waals surface area (Å²) >= 11 is 0. The lowest BCUT2D eigenvalue weighted by Gasteiger charge is -2.04. The minimum Gasteiger partial charge on any atom is -0.478 e. The number of carboxylic acids is 1. The van der Waals surface area contributed by atoms with Crippen LogP contribution in [-0.2, 0) is 11.3 Å². The SMILES string of the molecule is CCC(C(=O)O)n1cc[n+](CC)c1. The van der Waals surface area contributed by atoms with Crippen molar-refractivity contribution < 1.29 is 14.5 Å². The van der Waals surface area contributed by atoms with Crippen molar-refractivity contribution in [1.29, 1.82) is 0 Å². The molecule has 72 valence electrons. The number of aryl methyl sites for hydroxylation is 1. The van der Waals surface area contributed by atoms with Gasteiger partial charge >= 0.3 is 5.97 Å². The van der Waals surface area contributed by atoms with Crippen LogP contribution >= 0.6 is 0 Å². The minimum atomic E-state index is -0.777. The molecule has 0 saturated heterocycles. The molecule has 0 amide bonds. The maximum absolute atomic E-state index is 10.8. The molecule has 0 aliphatic carbocycles. The van der Waals surface area contributed by atoms with Crippen LogP contribution in [0.4, 0.5) is 0 Å². The average molecular weight is 183 g/mol. The summed E-state index contributed by atoms with van der Waals surface area (Å²) in [5.74, 6) is -0.777. The first-order chi connectivity index (χ1) is 6.19. The zero-order valence-electron chi connectivity index (χ0n) is 7.97. The van der Waals surface area contributed by atoms with Gasteiger partial charge in [0, 0.05) is 0 Å². The molecule has 0 radical (unpaired) electrons. The molecule has 0 aliphatic rings. The molecule has 0 saturated carbocycles. The third kappa shape index (κ3) is 2.08. The Morgan fingerprint density at radius 2 is 2.31 bits per heavy atom. The van der Waals surface area contributed by atoms with Gasteiger partial charge in [0.15, 0.2) is 6.04 Å². The first-order valence-electron chi connectivity index (χ1n) is 4.48. The molecule has 0 aromatic carbocycles. The number of rotatable bonds is 4. The third-order valence-corrected chi connectivity index (χ3v) is 2.11. The largest absolute Gasteiger partial charge is 0.478 e. The van der Waals surface area contributed by atoms with Crippen LogP contribution < -0.4 is 4.57 Å². The van der Waals surface area contributed by atoms with Crippen LogP contribution in [0.5, 0.6) is 0 Å². The van der Waals surface area contributed by atoms with Crippen LogP contribution in [0.25, 0.3) is 0 Å². The lowest BCUT2D eigenvalue weighted by molar-refractivity contribution is -0.693. The standard InChI is InChI=1S/C9H14N2O2/c1-3-8(9(12)13)11-6-5-10(4-2)7-11/h5-8H,3-4H2,1-2H3/p+1. The predicted octanol–water partition coefficient (Wildman–Crippen LogP) is 0.831. The molecular formula is C9H15N2O2+. The van der Waals surface area contributed by atoms with E-state index in [1.807, 2.05) is 30.9 Å². The first-order valence-corrected chi connectivity index (χ1v) is 4.48. The van der Waals surface area contributed by atoms with E-state index in [1.54, 1.807) is 10.8 Å². The highest BCUT2D eigenvalue weighted by Crippen LogP contribution is 2.09. The van der Waals surface area contributed by atoms with Crippen LogP contribution in [0.2, 0.25) is 0 Å². The van der Waals surface area contributed by atoms with E-state index in [0.29, 0.717) is 6.42 Å². The fraction of sp³-hybridized carbons (Fsp3) is 0.556. The second-order valence-electron chi connectivity index (χ2n) is 2.95. The highest BCUT2D eigenvalue weighted by Gasteiger charge is 2.21. The van der Waals surface area contributed by atoms with Gasteiger partial charge in [-0.2, -0.15) is 0 Å². The smallest absolute Gasteiger partial charge is 0.349 e. The Bertz CT molecular complexity index is 294. The third-order valence-electron chi connectivity index (χ3n) is 2.11. The van der Waals surface area contributed by atoms with Crippen molar-refractivity contribution in [2.75, 3.05) is 0 Å². The maximum atomic E-state index is 10.8. The fourth-order valence-corrected chi connectivity index (χ4v) is 1.30. The Kier molecular flexibility index (Phi) is 3.06. The number of carbonyl (C=O) groups is 1. The molecule has 1 aromatic rings. The second kappa shape index (κ2) is 4.07. The summed E-state index contributed by atoms with van der Waals surface area (Å²) in [5, 5.41) is 8.88. The Hall–Kier alpha value is -1.32. The topological polar surface area (TPSA) is 46.1 Å². The molecule has 1 unspecified atom stereocenters. The van der Waals surface area contributed by atoms with Crippen molar-refractivity contribution >= 4 is 5.97 Å². The molecule has 1 N–H and O–H groups in total. The number of hydrogen-bond donors (Lipinski definition) is 1. The van der Waals surface area contributed by atoms with Gasteiger partial charge in [0.05, 0.1) is 6.54 Å². The zero-order chi connectivity index (χ0) is 9.84. The van der Waals surface area contributed by atoms with Gasteiger partial charge < -0.3 is 5.11 Å². The van der Waals surface area contributed by atoms with Gasteiger partial charge in [-0.3, -0.25) is 0 Å². The quantitative estimate of drug-likeness (QED) is 0.703. The van der Waals surface area contributed by atoms with Crippen LogP contribution in [0.15, 0.2) is 18.7 Å². The summed E-state index contributed by atoms with van der Waals surface area (Å²) in [4.78, 5) is 10.8. The van der Waals surface area contributed by atoms with Gasteiger partial charge in [0.1, 0.15) is 12.4 Å². The van der Waals surface area contributed by atoms with E-state index in [2.05, 4.69) is 0 Å².